The van der Waals surface area contributed by atoms with E-state index < -0.39 is 0 Å². The van der Waals surface area contributed by atoms with Gasteiger partial charge in [-0.25, -0.2) is 9.97 Å². The Morgan fingerprint density at radius 3 is 2.92 bits per heavy atom. The molecule has 3 aromatic heterocycles. The number of aryl methyl sites for hydroxylation is 2. The van der Waals surface area contributed by atoms with E-state index in [0.717, 1.165) is 57.5 Å². The minimum Gasteiger partial charge on any atom is -0.396 e. The highest BCUT2D eigenvalue weighted by Gasteiger charge is 2.20. The summed E-state index contributed by atoms with van der Waals surface area (Å²) in [5.41, 5.74) is 6.12. The second-order valence-corrected chi connectivity index (χ2v) is 7.19. The summed E-state index contributed by atoms with van der Waals surface area (Å²) in [6, 6.07) is 8.22. The first kappa shape index (κ1) is 16.8. The molecule has 3 heterocycles. The molecule has 0 fully saturated rings. The van der Waals surface area contributed by atoms with Gasteiger partial charge in [0.15, 0.2) is 0 Å². The van der Waals surface area contributed by atoms with Crippen molar-refractivity contribution in [3.63, 3.8) is 0 Å². The number of fused-ring (bicyclic) bond motifs is 1. The number of pyridine rings is 2. The Morgan fingerprint density at radius 1 is 1.19 bits per heavy atom. The highest BCUT2D eigenvalue weighted by atomic mass is 32.1. The zero-order valence-electron chi connectivity index (χ0n) is 14.9. The van der Waals surface area contributed by atoms with Crippen LogP contribution in [0.25, 0.3) is 21.1 Å². The highest BCUT2D eigenvalue weighted by Crippen LogP contribution is 2.35. The Balaban J connectivity index is 1.74. The van der Waals surface area contributed by atoms with E-state index in [-0.39, 0.29) is 0 Å². The van der Waals surface area contributed by atoms with Crippen LogP contribution in [0, 0.1) is 6.92 Å². The molecule has 132 valence electrons. The van der Waals surface area contributed by atoms with Crippen LogP contribution in [-0.4, -0.2) is 27.3 Å². The summed E-state index contributed by atoms with van der Waals surface area (Å²) >= 11 is 1.65. The summed E-state index contributed by atoms with van der Waals surface area (Å²) in [5, 5.41) is 5.25. The van der Waals surface area contributed by atoms with Crippen LogP contribution in [0.5, 0.6) is 0 Å². The molecule has 5 nitrogen and oxygen atoms in total. The summed E-state index contributed by atoms with van der Waals surface area (Å²) in [4.78, 5) is 20.2. The summed E-state index contributed by atoms with van der Waals surface area (Å²) in [5.74, 6) is 0. The van der Waals surface area contributed by atoms with Crippen LogP contribution < -0.4 is 0 Å². The fourth-order valence-corrected chi connectivity index (χ4v) is 4.14. The van der Waals surface area contributed by atoms with Crippen LogP contribution in [0.15, 0.2) is 41.8 Å². The standard InChI is InChI=1S/C20H20N4OS/c1-3-25-24-16-8-4-6-14-9-10-17(23-18(14)16)19-13(2)22-20(26-19)15-7-5-11-21-12-15/h5,7,9-12H,3-4,6,8H2,1-2H3/b24-16+. The second kappa shape index (κ2) is 7.33. The number of rotatable bonds is 4. The van der Waals surface area contributed by atoms with Crippen molar-refractivity contribution in [3.8, 4) is 21.1 Å². The Bertz CT molecular complexity index is 950. The molecular weight excluding hydrogens is 344 g/mol. The van der Waals surface area contributed by atoms with E-state index in [1.54, 1.807) is 17.5 Å². The van der Waals surface area contributed by atoms with Gasteiger partial charge in [-0.2, -0.15) is 0 Å². The lowest BCUT2D eigenvalue weighted by atomic mass is 9.94. The molecule has 0 N–H and O–H groups in total. The highest BCUT2D eigenvalue weighted by molar-refractivity contribution is 7.18. The van der Waals surface area contributed by atoms with Crippen LogP contribution in [0.3, 0.4) is 0 Å². The van der Waals surface area contributed by atoms with Crippen molar-refractivity contribution in [1.82, 2.24) is 15.0 Å². The number of thiazole rings is 1. The lowest BCUT2D eigenvalue weighted by Crippen LogP contribution is -2.15. The van der Waals surface area contributed by atoms with Gasteiger partial charge in [0.2, 0.25) is 0 Å². The van der Waals surface area contributed by atoms with E-state index in [0.29, 0.717) is 6.61 Å². The van der Waals surface area contributed by atoms with E-state index >= 15 is 0 Å². The zero-order chi connectivity index (χ0) is 17.9. The topological polar surface area (TPSA) is 60.3 Å². The predicted octanol–water partition coefficient (Wildman–Crippen LogP) is 4.65. The maximum absolute atomic E-state index is 5.29. The van der Waals surface area contributed by atoms with Crippen molar-refractivity contribution >= 4 is 17.0 Å². The van der Waals surface area contributed by atoms with E-state index in [4.69, 9.17) is 14.8 Å². The second-order valence-electron chi connectivity index (χ2n) is 6.19. The van der Waals surface area contributed by atoms with E-state index in [2.05, 4.69) is 22.3 Å². The molecule has 0 aromatic carbocycles. The summed E-state index contributed by atoms with van der Waals surface area (Å²) < 4.78 is 0. The molecule has 0 atom stereocenters. The van der Waals surface area contributed by atoms with Crippen LogP contribution in [0.1, 0.15) is 36.7 Å². The third-order valence-electron chi connectivity index (χ3n) is 4.35. The minimum absolute atomic E-state index is 0.570. The molecule has 0 saturated carbocycles. The molecule has 0 amide bonds. The predicted molar refractivity (Wildman–Crippen MR) is 104 cm³/mol. The minimum atomic E-state index is 0.570. The van der Waals surface area contributed by atoms with Crippen molar-refractivity contribution in [1.29, 1.82) is 0 Å². The molecular formula is C20H20N4OS. The van der Waals surface area contributed by atoms with Crippen molar-refractivity contribution in [2.75, 3.05) is 6.61 Å². The molecule has 0 bridgehead atoms. The van der Waals surface area contributed by atoms with Gasteiger partial charge in [-0.05, 0) is 56.9 Å². The number of nitrogens with zero attached hydrogens (tertiary/aromatic N) is 4. The van der Waals surface area contributed by atoms with Gasteiger partial charge in [0.25, 0.3) is 0 Å². The molecule has 1 aliphatic rings. The first-order chi connectivity index (χ1) is 12.8. The zero-order valence-corrected chi connectivity index (χ0v) is 15.7. The summed E-state index contributed by atoms with van der Waals surface area (Å²) in [6.45, 7) is 4.54. The fourth-order valence-electron chi connectivity index (χ4n) is 3.11. The number of aromatic nitrogens is 3. The lowest BCUT2D eigenvalue weighted by Gasteiger charge is -2.17. The summed E-state index contributed by atoms with van der Waals surface area (Å²) in [6.07, 6.45) is 6.65. The Morgan fingerprint density at radius 2 is 2.12 bits per heavy atom. The maximum Gasteiger partial charge on any atom is 0.125 e. The molecule has 0 spiro atoms. The van der Waals surface area contributed by atoms with Gasteiger partial charge in [-0.15, -0.1) is 11.3 Å². The molecule has 4 rings (SSSR count). The first-order valence-electron chi connectivity index (χ1n) is 8.83. The quantitative estimate of drug-likeness (QED) is 0.632. The molecule has 0 unspecified atom stereocenters. The van der Waals surface area contributed by atoms with Crippen molar-refractivity contribution < 1.29 is 4.84 Å². The Kier molecular flexibility index (Phi) is 4.75. The van der Waals surface area contributed by atoms with Crippen LogP contribution >= 0.6 is 11.3 Å². The Labute approximate surface area is 156 Å². The van der Waals surface area contributed by atoms with E-state index in [9.17, 15) is 0 Å². The van der Waals surface area contributed by atoms with Gasteiger partial charge in [-0.1, -0.05) is 11.2 Å². The lowest BCUT2D eigenvalue weighted by molar-refractivity contribution is 0.158. The van der Waals surface area contributed by atoms with Gasteiger partial charge in [-0.3, -0.25) is 4.98 Å². The smallest absolute Gasteiger partial charge is 0.125 e. The average Bonchev–Trinajstić information content (AvgIpc) is 3.08. The van der Waals surface area contributed by atoms with Gasteiger partial charge in [0.1, 0.15) is 17.3 Å². The third-order valence-corrected chi connectivity index (χ3v) is 5.58. The van der Waals surface area contributed by atoms with Crippen LogP contribution in [-0.2, 0) is 11.3 Å². The summed E-state index contributed by atoms with van der Waals surface area (Å²) in [7, 11) is 0. The number of hydrogen-bond donors (Lipinski definition) is 0. The van der Waals surface area contributed by atoms with Gasteiger partial charge in [0.05, 0.1) is 22.0 Å². The largest absolute Gasteiger partial charge is 0.396 e. The number of hydrogen-bond acceptors (Lipinski definition) is 6. The third kappa shape index (κ3) is 3.24. The first-order valence-corrected chi connectivity index (χ1v) is 9.65. The van der Waals surface area contributed by atoms with Crippen molar-refractivity contribution in [2.24, 2.45) is 5.16 Å². The van der Waals surface area contributed by atoms with Crippen molar-refractivity contribution in [2.45, 2.75) is 33.1 Å². The molecule has 0 aliphatic heterocycles. The Hall–Kier alpha value is -2.60. The molecule has 26 heavy (non-hydrogen) atoms. The van der Waals surface area contributed by atoms with Gasteiger partial charge in [0, 0.05) is 18.0 Å². The van der Waals surface area contributed by atoms with Gasteiger partial charge >= 0.3 is 0 Å². The SMILES string of the molecule is CCO/N=C1\CCCc2ccc(-c3sc(-c4cccnc4)nc3C)nc21. The number of oxime groups is 1. The molecule has 3 aromatic rings. The van der Waals surface area contributed by atoms with Crippen LogP contribution in [0.2, 0.25) is 0 Å². The molecule has 6 heteroatoms. The molecule has 1 aliphatic carbocycles. The normalized spacial score (nSPS) is 15.1. The van der Waals surface area contributed by atoms with E-state index in [1.807, 2.05) is 32.2 Å². The molecule has 0 saturated heterocycles. The van der Waals surface area contributed by atoms with Crippen LogP contribution in [0.4, 0.5) is 0 Å². The monoisotopic (exact) mass is 364 g/mol. The fraction of sp³-hybridized carbons (Fsp3) is 0.300. The van der Waals surface area contributed by atoms with E-state index in [1.165, 1.54) is 5.56 Å². The average molecular weight is 364 g/mol. The maximum atomic E-state index is 5.29. The molecule has 0 radical (unpaired) electrons. The van der Waals surface area contributed by atoms with Crippen molar-refractivity contribution in [3.05, 3.63) is 53.6 Å². The van der Waals surface area contributed by atoms with Gasteiger partial charge < -0.3 is 4.84 Å².